The van der Waals surface area contributed by atoms with Crippen molar-refractivity contribution >= 4 is 35.1 Å². The van der Waals surface area contributed by atoms with Crippen molar-refractivity contribution in [2.45, 2.75) is 0 Å². The highest BCUT2D eigenvalue weighted by Gasteiger charge is 2.13. The lowest BCUT2D eigenvalue weighted by molar-refractivity contribution is -0.113. The molecule has 0 atom stereocenters. The maximum Gasteiger partial charge on any atom is 0.322 e. The molecule has 2 aromatic carbocycles. The fourth-order valence-electron chi connectivity index (χ4n) is 2.23. The van der Waals surface area contributed by atoms with Gasteiger partial charge in [0.25, 0.3) is 5.91 Å². The number of ether oxygens (including phenoxy) is 1. The molecule has 0 unspecified atom stereocenters. The molecule has 0 saturated heterocycles. The molecule has 0 fully saturated rings. The van der Waals surface area contributed by atoms with Gasteiger partial charge in [-0.15, -0.1) is 16.7 Å². The zero-order valence-electron chi connectivity index (χ0n) is 14.2. The maximum absolute atomic E-state index is 12.4. The molecule has 0 saturated carbocycles. The molecular formula is C18H15ClN4O4. The topological polar surface area (TPSA) is 106 Å². The van der Waals surface area contributed by atoms with E-state index in [1.165, 1.54) is 6.07 Å². The van der Waals surface area contributed by atoms with Gasteiger partial charge in [0.1, 0.15) is 11.6 Å². The number of halogens is 1. The summed E-state index contributed by atoms with van der Waals surface area (Å²) < 4.78 is 10.6. The number of anilines is 2. The number of carbonyl (C=O) groups excluding carboxylic acids is 2. The van der Waals surface area contributed by atoms with Gasteiger partial charge in [-0.1, -0.05) is 11.2 Å². The fraction of sp³-hybridized carbons (Fsp3) is 0.111. The van der Waals surface area contributed by atoms with Crippen molar-refractivity contribution < 1.29 is 18.7 Å². The Labute approximate surface area is 159 Å². The number of carbonyl (C=O) groups is 2. The number of methoxy groups -OCH3 is 1. The maximum atomic E-state index is 12.4. The lowest BCUT2D eigenvalue weighted by Gasteiger charge is -2.05. The third kappa shape index (κ3) is 4.62. The average Bonchev–Trinajstić information content (AvgIpc) is 3.16. The Morgan fingerprint density at radius 3 is 2.59 bits per heavy atom. The molecular weight excluding hydrogens is 372 g/mol. The second kappa shape index (κ2) is 8.33. The van der Waals surface area contributed by atoms with E-state index in [-0.39, 0.29) is 23.7 Å². The van der Waals surface area contributed by atoms with Crippen molar-refractivity contribution in [1.29, 1.82) is 0 Å². The molecule has 0 aliphatic carbocycles. The third-order valence-corrected chi connectivity index (χ3v) is 3.76. The summed E-state index contributed by atoms with van der Waals surface area (Å²) in [5.74, 6) is -0.0341. The number of nitrogens with one attached hydrogen (secondary N) is 2. The number of nitrogens with zero attached hydrogens (tertiary/aromatic N) is 2. The summed E-state index contributed by atoms with van der Waals surface area (Å²) in [6, 6.07) is 13.4. The molecule has 1 aromatic heterocycles. The van der Waals surface area contributed by atoms with Crippen LogP contribution in [0.1, 0.15) is 10.4 Å². The van der Waals surface area contributed by atoms with Crippen LogP contribution in [0.2, 0.25) is 0 Å². The molecule has 2 amide bonds. The van der Waals surface area contributed by atoms with Crippen molar-refractivity contribution in [2.75, 3.05) is 23.6 Å². The smallest absolute Gasteiger partial charge is 0.322 e. The van der Waals surface area contributed by atoms with E-state index in [4.69, 9.17) is 20.8 Å². The molecule has 0 aliphatic rings. The van der Waals surface area contributed by atoms with Gasteiger partial charge >= 0.3 is 6.01 Å². The number of hydrogen-bond acceptors (Lipinski definition) is 6. The van der Waals surface area contributed by atoms with E-state index in [0.717, 1.165) is 0 Å². The fourth-order valence-corrected chi connectivity index (χ4v) is 2.29. The second-order valence-electron chi connectivity index (χ2n) is 5.36. The summed E-state index contributed by atoms with van der Waals surface area (Å²) >= 11 is 5.46. The van der Waals surface area contributed by atoms with Crippen molar-refractivity contribution in [3.63, 3.8) is 0 Å². The number of benzene rings is 2. The van der Waals surface area contributed by atoms with Crippen LogP contribution in [0.15, 0.2) is 52.9 Å². The van der Waals surface area contributed by atoms with Gasteiger partial charge in [0.05, 0.1) is 7.11 Å². The van der Waals surface area contributed by atoms with Gasteiger partial charge in [0.2, 0.25) is 11.8 Å². The SMILES string of the molecule is COc1ccc(-c2nnc(NC(=O)c3cccc(NC(=O)CCl)c3)o2)cc1. The Morgan fingerprint density at radius 2 is 1.89 bits per heavy atom. The van der Waals surface area contributed by atoms with Crippen LogP contribution < -0.4 is 15.4 Å². The van der Waals surface area contributed by atoms with Crippen LogP contribution in [0.25, 0.3) is 11.5 Å². The zero-order valence-corrected chi connectivity index (χ0v) is 15.0. The highest BCUT2D eigenvalue weighted by Crippen LogP contribution is 2.23. The predicted octanol–water partition coefficient (Wildman–Crippen LogP) is 3.17. The van der Waals surface area contributed by atoms with Crippen LogP contribution in [0.5, 0.6) is 5.75 Å². The molecule has 2 N–H and O–H groups in total. The van der Waals surface area contributed by atoms with E-state index in [1.807, 2.05) is 0 Å². The Kier molecular flexibility index (Phi) is 5.68. The molecule has 0 bridgehead atoms. The third-order valence-electron chi connectivity index (χ3n) is 3.51. The minimum atomic E-state index is -0.457. The van der Waals surface area contributed by atoms with Crippen LogP contribution in [-0.2, 0) is 4.79 Å². The van der Waals surface area contributed by atoms with Gasteiger partial charge in [0, 0.05) is 16.8 Å². The lowest BCUT2D eigenvalue weighted by atomic mass is 10.2. The number of amides is 2. The van der Waals surface area contributed by atoms with E-state index in [2.05, 4.69) is 20.8 Å². The average molecular weight is 387 g/mol. The Hall–Kier alpha value is -3.39. The van der Waals surface area contributed by atoms with Crippen LogP contribution in [-0.4, -0.2) is 35.0 Å². The van der Waals surface area contributed by atoms with Gasteiger partial charge in [-0.25, -0.2) is 0 Å². The standard InChI is InChI=1S/C18H15ClN4O4/c1-26-14-7-5-11(6-8-14)17-22-23-18(27-17)21-16(25)12-3-2-4-13(9-12)20-15(24)10-19/h2-9H,10H2,1H3,(H,20,24)(H,21,23,25). The molecule has 138 valence electrons. The minimum absolute atomic E-state index is 0.0407. The quantitative estimate of drug-likeness (QED) is 0.630. The van der Waals surface area contributed by atoms with E-state index < -0.39 is 5.91 Å². The molecule has 3 aromatic rings. The monoisotopic (exact) mass is 386 g/mol. The van der Waals surface area contributed by atoms with Gasteiger partial charge < -0.3 is 14.5 Å². The molecule has 0 aliphatic heterocycles. The second-order valence-corrected chi connectivity index (χ2v) is 5.62. The van der Waals surface area contributed by atoms with Crippen molar-refractivity contribution in [1.82, 2.24) is 10.2 Å². The largest absolute Gasteiger partial charge is 0.497 e. The number of aromatic nitrogens is 2. The summed E-state index contributed by atoms with van der Waals surface area (Å²) in [6.07, 6.45) is 0. The molecule has 27 heavy (non-hydrogen) atoms. The highest BCUT2D eigenvalue weighted by molar-refractivity contribution is 6.29. The first kappa shape index (κ1) is 18.4. The number of alkyl halides is 1. The summed E-state index contributed by atoms with van der Waals surface area (Å²) in [7, 11) is 1.57. The summed E-state index contributed by atoms with van der Waals surface area (Å²) in [4.78, 5) is 23.7. The molecule has 0 spiro atoms. The van der Waals surface area contributed by atoms with Gasteiger partial charge in [-0.05, 0) is 42.5 Å². The summed E-state index contributed by atoms with van der Waals surface area (Å²) in [6.45, 7) is 0. The first-order valence-corrected chi connectivity index (χ1v) is 8.37. The van der Waals surface area contributed by atoms with E-state index in [9.17, 15) is 9.59 Å². The lowest BCUT2D eigenvalue weighted by Crippen LogP contribution is -2.15. The highest BCUT2D eigenvalue weighted by atomic mass is 35.5. The Morgan fingerprint density at radius 1 is 1.11 bits per heavy atom. The van der Waals surface area contributed by atoms with Gasteiger partial charge in [-0.3, -0.25) is 14.9 Å². The summed E-state index contributed by atoms with van der Waals surface area (Å²) in [5, 5.41) is 12.8. The first-order chi connectivity index (χ1) is 13.1. The predicted molar refractivity (Wildman–Crippen MR) is 100 cm³/mol. The zero-order chi connectivity index (χ0) is 19.2. The number of hydrogen-bond donors (Lipinski definition) is 2. The first-order valence-electron chi connectivity index (χ1n) is 7.84. The van der Waals surface area contributed by atoms with E-state index in [0.29, 0.717) is 22.6 Å². The Balaban J connectivity index is 1.70. The van der Waals surface area contributed by atoms with Gasteiger partial charge in [-0.2, -0.15) is 0 Å². The van der Waals surface area contributed by atoms with E-state index in [1.54, 1.807) is 49.6 Å². The molecule has 9 heteroatoms. The summed E-state index contributed by atoms with van der Waals surface area (Å²) in [5.41, 5.74) is 1.46. The molecule has 1 heterocycles. The van der Waals surface area contributed by atoms with Crippen molar-refractivity contribution in [2.24, 2.45) is 0 Å². The number of rotatable bonds is 6. The molecule has 3 rings (SSSR count). The van der Waals surface area contributed by atoms with Crippen LogP contribution in [0.4, 0.5) is 11.7 Å². The van der Waals surface area contributed by atoms with Crippen molar-refractivity contribution in [3.05, 3.63) is 54.1 Å². The minimum Gasteiger partial charge on any atom is -0.497 e. The normalized spacial score (nSPS) is 10.3. The van der Waals surface area contributed by atoms with Crippen LogP contribution >= 0.6 is 11.6 Å². The molecule has 8 nitrogen and oxygen atoms in total. The Bertz CT molecular complexity index is 956. The molecule has 0 radical (unpaired) electrons. The van der Waals surface area contributed by atoms with Crippen LogP contribution in [0.3, 0.4) is 0 Å². The van der Waals surface area contributed by atoms with Crippen LogP contribution in [0, 0.1) is 0 Å². The van der Waals surface area contributed by atoms with Crippen molar-refractivity contribution in [3.8, 4) is 17.2 Å². The van der Waals surface area contributed by atoms with Gasteiger partial charge in [0.15, 0.2) is 0 Å². The van der Waals surface area contributed by atoms with E-state index >= 15 is 0 Å².